The van der Waals surface area contributed by atoms with Gasteiger partial charge in [0.05, 0.1) is 17.5 Å². The number of amides is 3. The van der Waals surface area contributed by atoms with Crippen LogP contribution in [0.15, 0.2) is 30.4 Å². The Morgan fingerprint density at radius 3 is 2.26 bits per heavy atom. The first-order valence-corrected chi connectivity index (χ1v) is 7.92. The summed E-state index contributed by atoms with van der Waals surface area (Å²) in [5, 5.41) is 2.74. The molecule has 1 aliphatic heterocycles. The average Bonchev–Trinajstić information content (AvgIpc) is 3.15. The zero-order valence-electron chi connectivity index (χ0n) is 13.1. The Balaban J connectivity index is 1.67. The van der Waals surface area contributed by atoms with E-state index in [9.17, 15) is 14.4 Å². The molecule has 4 rings (SSSR count). The first-order valence-electron chi connectivity index (χ1n) is 7.92. The van der Waals surface area contributed by atoms with Crippen LogP contribution in [0.4, 0.5) is 11.4 Å². The van der Waals surface area contributed by atoms with Crippen LogP contribution in [0.5, 0.6) is 0 Å². The third-order valence-corrected chi connectivity index (χ3v) is 5.25. The molecule has 2 fully saturated rings. The van der Waals surface area contributed by atoms with Crippen LogP contribution in [0, 0.1) is 30.6 Å². The molecule has 1 heterocycles. The Labute approximate surface area is 134 Å². The molecule has 1 saturated carbocycles. The Morgan fingerprint density at radius 1 is 1.13 bits per heavy atom. The number of rotatable bonds is 2. The van der Waals surface area contributed by atoms with Crippen molar-refractivity contribution in [2.45, 2.75) is 20.3 Å². The summed E-state index contributed by atoms with van der Waals surface area (Å²) < 4.78 is 0. The zero-order valence-corrected chi connectivity index (χ0v) is 13.1. The molecule has 118 valence electrons. The van der Waals surface area contributed by atoms with Gasteiger partial charge in [0.25, 0.3) is 0 Å². The number of aryl methyl sites for hydroxylation is 1. The van der Waals surface area contributed by atoms with E-state index in [0.29, 0.717) is 11.4 Å². The van der Waals surface area contributed by atoms with Crippen molar-refractivity contribution in [3.63, 3.8) is 0 Å². The molecule has 2 bridgehead atoms. The average molecular weight is 310 g/mol. The van der Waals surface area contributed by atoms with E-state index in [2.05, 4.69) is 17.5 Å². The van der Waals surface area contributed by atoms with Crippen molar-refractivity contribution in [3.05, 3.63) is 35.9 Å². The minimum Gasteiger partial charge on any atom is -0.326 e. The minimum absolute atomic E-state index is 0.0801. The lowest BCUT2D eigenvalue weighted by atomic mass is 9.85. The standard InChI is InChI=1S/C18H18N2O3/c1-9-7-13(5-6-14(9)19-10(2)21)20-17(22)15-11-3-4-12(8-11)16(15)18(20)23/h3-7,11-12,15-16H,8H2,1-2H3,(H,19,21)/t11-,12+,15-,16-/m0/s1. The maximum absolute atomic E-state index is 12.8. The van der Waals surface area contributed by atoms with E-state index < -0.39 is 0 Å². The number of carbonyl (C=O) groups excluding carboxylic acids is 3. The molecule has 1 N–H and O–H groups in total. The van der Waals surface area contributed by atoms with Gasteiger partial charge in [0, 0.05) is 12.6 Å². The van der Waals surface area contributed by atoms with E-state index in [0.717, 1.165) is 12.0 Å². The van der Waals surface area contributed by atoms with Crippen molar-refractivity contribution >= 4 is 29.1 Å². The minimum atomic E-state index is -0.187. The number of allylic oxidation sites excluding steroid dienone is 2. The number of benzene rings is 1. The summed E-state index contributed by atoms with van der Waals surface area (Å²) in [7, 11) is 0. The van der Waals surface area contributed by atoms with Gasteiger partial charge in [-0.1, -0.05) is 12.2 Å². The van der Waals surface area contributed by atoms with Gasteiger partial charge in [0.2, 0.25) is 17.7 Å². The van der Waals surface area contributed by atoms with Crippen molar-refractivity contribution in [1.29, 1.82) is 0 Å². The number of nitrogens with one attached hydrogen (secondary N) is 1. The Kier molecular flexibility index (Phi) is 2.95. The van der Waals surface area contributed by atoms with E-state index in [1.54, 1.807) is 18.2 Å². The van der Waals surface area contributed by atoms with E-state index in [-0.39, 0.29) is 41.4 Å². The van der Waals surface area contributed by atoms with Gasteiger partial charge in [-0.25, -0.2) is 0 Å². The number of anilines is 2. The molecule has 0 aromatic heterocycles. The molecule has 0 radical (unpaired) electrons. The van der Waals surface area contributed by atoms with Crippen LogP contribution in [0.2, 0.25) is 0 Å². The van der Waals surface area contributed by atoms with Crippen LogP contribution in [-0.4, -0.2) is 17.7 Å². The van der Waals surface area contributed by atoms with Crippen LogP contribution < -0.4 is 10.2 Å². The van der Waals surface area contributed by atoms with Gasteiger partial charge >= 0.3 is 0 Å². The summed E-state index contributed by atoms with van der Waals surface area (Å²) in [6.07, 6.45) is 5.11. The number of nitrogens with zero attached hydrogens (tertiary/aromatic N) is 1. The number of imide groups is 1. The predicted molar refractivity (Wildman–Crippen MR) is 85.7 cm³/mol. The number of fused-ring (bicyclic) bond motifs is 5. The highest BCUT2D eigenvalue weighted by atomic mass is 16.2. The molecule has 0 spiro atoms. The largest absolute Gasteiger partial charge is 0.326 e. The first-order chi connectivity index (χ1) is 11.0. The monoisotopic (exact) mass is 310 g/mol. The molecule has 2 aliphatic carbocycles. The van der Waals surface area contributed by atoms with Gasteiger partial charge in [-0.15, -0.1) is 0 Å². The third kappa shape index (κ3) is 1.96. The van der Waals surface area contributed by atoms with Gasteiger partial charge in [0.1, 0.15) is 0 Å². The second kappa shape index (κ2) is 4.78. The fourth-order valence-electron chi connectivity index (χ4n) is 4.27. The van der Waals surface area contributed by atoms with Gasteiger partial charge in [-0.2, -0.15) is 0 Å². The molecule has 3 amide bonds. The van der Waals surface area contributed by atoms with E-state index >= 15 is 0 Å². The zero-order chi connectivity index (χ0) is 16.3. The van der Waals surface area contributed by atoms with Crippen molar-refractivity contribution in [3.8, 4) is 0 Å². The van der Waals surface area contributed by atoms with Crippen molar-refractivity contribution in [2.75, 3.05) is 10.2 Å². The van der Waals surface area contributed by atoms with Gasteiger partial charge in [-0.05, 0) is 48.9 Å². The molecular weight excluding hydrogens is 292 g/mol. The van der Waals surface area contributed by atoms with Crippen LogP contribution >= 0.6 is 0 Å². The van der Waals surface area contributed by atoms with Crippen LogP contribution in [0.1, 0.15) is 18.9 Å². The lowest BCUT2D eigenvalue weighted by molar-refractivity contribution is -0.123. The van der Waals surface area contributed by atoms with Crippen LogP contribution in [0.25, 0.3) is 0 Å². The van der Waals surface area contributed by atoms with Crippen molar-refractivity contribution < 1.29 is 14.4 Å². The molecule has 0 unspecified atom stereocenters. The summed E-state index contributed by atoms with van der Waals surface area (Å²) in [5.41, 5.74) is 2.12. The second-order valence-electron chi connectivity index (χ2n) is 6.69. The Morgan fingerprint density at radius 2 is 1.74 bits per heavy atom. The van der Waals surface area contributed by atoms with Crippen LogP contribution in [-0.2, 0) is 14.4 Å². The molecule has 5 nitrogen and oxygen atoms in total. The fraction of sp³-hybridized carbons (Fsp3) is 0.389. The third-order valence-electron chi connectivity index (χ3n) is 5.25. The summed E-state index contributed by atoms with van der Waals surface area (Å²) >= 11 is 0. The highest BCUT2D eigenvalue weighted by Gasteiger charge is 2.59. The molecule has 3 aliphatic rings. The second-order valence-corrected chi connectivity index (χ2v) is 6.69. The Hall–Kier alpha value is -2.43. The van der Waals surface area contributed by atoms with E-state index in [1.165, 1.54) is 11.8 Å². The Bertz CT molecular complexity index is 738. The highest BCUT2D eigenvalue weighted by molar-refractivity contribution is 6.22. The predicted octanol–water partition coefficient (Wildman–Crippen LogP) is 2.26. The molecule has 4 atom stereocenters. The summed E-state index contributed by atoms with van der Waals surface area (Å²) in [4.78, 5) is 38.1. The molecular formula is C18H18N2O3. The first kappa shape index (κ1) is 14.2. The molecule has 23 heavy (non-hydrogen) atoms. The lowest BCUT2D eigenvalue weighted by Gasteiger charge is -2.19. The summed E-state index contributed by atoms with van der Waals surface area (Å²) in [6.45, 7) is 3.30. The fourth-order valence-corrected chi connectivity index (χ4v) is 4.27. The van der Waals surface area contributed by atoms with Gasteiger partial charge in [-0.3, -0.25) is 19.3 Å². The lowest BCUT2D eigenvalue weighted by Crippen LogP contribution is -2.32. The van der Waals surface area contributed by atoms with Crippen molar-refractivity contribution in [1.82, 2.24) is 0 Å². The van der Waals surface area contributed by atoms with Gasteiger partial charge in [0.15, 0.2) is 0 Å². The molecule has 1 aromatic rings. The number of hydrogen-bond acceptors (Lipinski definition) is 3. The highest BCUT2D eigenvalue weighted by Crippen LogP contribution is 2.53. The van der Waals surface area contributed by atoms with E-state index in [1.807, 2.05) is 6.92 Å². The topological polar surface area (TPSA) is 66.5 Å². The maximum Gasteiger partial charge on any atom is 0.238 e. The summed E-state index contributed by atoms with van der Waals surface area (Å²) in [5.74, 6) is -0.253. The molecule has 1 aromatic carbocycles. The summed E-state index contributed by atoms with van der Waals surface area (Å²) in [6, 6.07) is 5.26. The maximum atomic E-state index is 12.8. The van der Waals surface area contributed by atoms with E-state index in [4.69, 9.17) is 0 Å². The molecule has 5 heteroatoms. The smallest absolute Gasteiger partial charge is 0.238 e. The van der Waals surface area contributed by atoms with Crippen molar-refractivity contribution in [2.24, 2.45) is 23.7 Å². The van der Waals surface area contributed by atoms with Gasteiger partial charge < -0.3 is 5.32 Å². The molecule has 1 saturated heterocycles. The number of hydrogen-bond donors (Lipinski definition) is 1. The van der Waals surface area contributed by atoms with Crippen LogP contribution in [0.3, 0.4) is 0 Å². The normalized spacial score (nSPS) is 31.0. The number of carbonyl (C=O) groups is 3. The quantitative estimate of drug-likeness (QED) is 0.673. The SMILES string of the molecule is CC(=O)Nc1ccc(N2C(=O)[C@@H]3[C@@H](C2=O)[C@H]2C=C[C@@H]3C2)cc1C.